The molecule has 1 atom stereocenters. The third-order valence-corrected chi connectivity index (χ3v) is 3.61. The van der Waals surface area contributed by atoms with Crippen molar-refractivity contribution in [2.45, 2.75) is 39.8 Å². The van der Waals surface area contributed by atoms with E-state index in [1.807, 2.05) is 32.0 Å². The molecule has 0 saturated heterocycles. The molecule has 1 rings (SSSR count). The molecule has 0 aromatic heterocycles. The van der Waals surface area contributed by atoms with E-state index in [1.54, 1.807) is 14.2 Å². The van der Waals surface area contributed by atoms with E-state index in [1.165, 1.54) is 0 Å². The number of ether oxygens (including phenoxy) is 2. The third-order valence-electron chi connectivity index (χ3n) is 3.61. The number of rotatable bonds is 9. The Kier molecular flexibility index (Phi) is 7.54. The first-order valence-electron chi connectivity index (χ1n) is 7.63. The van der Waals surface area contributed by atoms with Gasteiger partial charge in [0.15, 0.2) is 11.5 Å². The van der Waals surface area contributed by atoms with Crippen LogP contribution >= 0.6 is 0 Å². The Labute approximate surface area is 128 Å². The minimum atomic E-state index is -0.295. The van der Waals surface area contributed by atoms with Crippen molar-refractivity contribution in [1.82, 2.24) is 4.90 Å². The summed E-state index contributed by atoms with van der Waals surface area (Å²) in [5.41, 5.74) is 1.16. The maximum absolute atomic E-state index is 10.1. The fraction of sp³-hybridized carbons (Fsp3) is 0.647. The smallest absolute Gasteiger partial charge is 0.161 e. The predicted octanol–water partition coefficient (Wildman–Crippen LogP) is 2.93. The number of aliphatic hydroxyl groups excluding tert-OH is 1. The number of methoxy groups -OCH3 is 2. The highest BCUT2D eigenvalue weighted by molar-refractivity contribution is 5.42. The van der Waals surface area contributed by atoms with Gasteiger partial charge in [-0.25, -0.2) is 0 Å². The van der Waals surface area contributed by atoms with E-state index in [-0.39, 0.29) is 12.0 Å². The van der Waals surface area contributed by atoms with Crippen LogP contribution < -0.4 is 9.47 Å². The van der Waals surface area contributed by atoms with Crippen LogP contribution in [0.15, 0.2) is 18.2 Å². The van der Waals surface area contributed by atoms with Gasteiger partial charge in [0.2, 0.25) is 0 Å². The molecule has 0 amide bonds. The van der Waals surface area contributed by atoms with Gasteiger partial charge in [-0.1, -0.05) is 26.8 Å². The molecular formula is C17H29NO3. The molecule has 1 N–H and O–H groups in total. The molecule has 0 heterocycles. The lowest BCUT2D eigenvalue weighted by molar-refractivity contribution is 0.0731. The number of benzene rings is 1. The summed E-state index contributed by atoms with van der Waals surface area (Å²) in [4.78, 5) is 2.28. The van der Waals surface area contributed by atoms with E-state index < -0.39 is 0 Å². The van der Waals surface area contributed by atoms with Gasteiger partial charge in [-0.3, -0.25) is 4.90 Å². The van der Waals surface area contributed by atoms with Gasteiger partial charge >= 0.3 is 0 Å². The summed E-state index contributed by atoms with van der Waals surface area (Å²) in [5.74, 6) is 1.76. The van der Waals surface area contributed by atoms with Gasteiger partial charge in [0.25, 0.3) is 0 Å². The van der Waals surface area contributed by atoms with Crippen LogP contribution in [0, 0.1) is 5.92 Å². The second-order valence-electron chi connectivity index (χ2n) is 5.74. The average molecular weight is 295 g/mol. The summed E-state index contributed by atoms with van der Waals surface area (Å²) in [6.07, 6.45) is 0.773. The molecule has 21 heavy (non-hydrogen) atoms. The van der Waals surface area contributed by atoms with Crippen LogP contribution in [0.25, 0.3) is 0 Å². The highest BCUT2D eigenvalue weighted by Crippen LogP contribution is 2.28. The number of nitrogens with zero attached hydrogens (tertiary/aromatic N) is 1. The summed E-state index contributed by atoms with van der Waals surface area (Å²) in [7, 11) is 3.29. The molecule has 0 radical (unpaired) electrons. The molecule has 0 aliphatic heterocycles. The summed E-state index contributed by atoms with van der Waals surface area (Å²) >= 11 is 0. The summed E-state index contributed by atoms with van der Waals surface area (Å²) in [5, 5.41) is 10.1. The molecule has 1 aromatic carbocycles. The summed E-state index contributed by atoms with van der Waals surface area (Å²) in [6.45, 7) is 8.72. The van der Waals surface area contributed by atoms with Crippen LogP contribution in [0.4, 0.5) is 0 Å². The van der Waals surface area contributed by atoms with Crippen LogP contribution in [-0.2, 0) is 6.54 Å². The monoisotopic (exact) mass is 295 g/mol. The largest absolute Gasteiger partial charge is 0.493 e. The van der Waals surface area contributed by atoms with E-state index in [0.717, 1.165) is 36.6 Å². The Morgan fingerprint density at radius 1 is 1.14 bits per heavy atom. The zero-order valence-corrected chi connectivity index (χ0v) is 13.9. The number of hydrogen-bond acceptors (Lipinski definition) is 4. The van der Waals surface area contributed by atoms with E-state index in [4.69, 9.17) is 9.47 Å². The van der Waals surface area contributed by atoms with Gasteiger partial charge in [0.05, 0.1) is 20.3 Å². The lowest BCUT2D eigenvalue weighted by Gasteiger charge is -2.26. The van der Waals surface area contributed by atoms with Crippen LogP contribution in [0.3, 0.4) is 0 Å². The third kappa shape index (κ3) is 5.56. The maximum Gasteiger partial charge on any atom is 0.161 e. The molecule has 0 saturated carbocycles. The van der Waals surface area contributed by atoms with Crippen molar-refractivity contribution in [1.29, 1.82) is 0 Å². The second-order valence-corrected chi connectivity index (χ2v) is 5.74. The molecule has 0 spiro atoms. The van der Waals surface area contributed by atoms with Gasteiger partial charge in [-0.05, 0) is 36.6 Å². The van der Waals surface area contributed by atoms with E-state index in [9.17, 15) is 5.11 Å². The molecule has 1 aromatic rings. The van der Waals surface area contributed by atoms with Crippen molar-refractivity contribution >= 4 is 0 Å². The minimum absolute atomic E-state index is 0.273. The zero-order valence-electron chi connectivity index (χ0n) is 13.9. The van der Waals surface area contributed by atoms with Crippen molar-refractivity contribution in [2.75, 3.05) is 27.3 Å². The van der Waals surface area contributed by atoms with Gasteiger partial charge < -0.3 is 14.6 Å². The fourth-order valence-corrected chi connectivity index (χ4v) is 2.26. The Balaban J connectivity index is 2.78. The molecular weight excluding hydrogens is 266 g/mol. The predicted molar refractivity (Wildman–Crippen MR) is 86.0 cm³/mol. The first-order chi connectivity index (χ1) is 10.0. The molecule has 4 nitrogen and oxygen atoms in total. The van der Waals surface area contributed by atoms with Crippen LogP contribution in [-0.4, -0.2) is 43.4 Å². The van der Waals surface area contributed by atoms with Crippen molar-refractivity contribution < 1.29 is 14.6 Å². The topological polar surface area (TPSA) is 41.9 Å². The van der Waals surface area contributed by atoms with Crippen LogP contribution in [0.5, 0.6) is 11.5 Å². The standard InChI is InChI=1S/C17H29NO3/c1-6-9-18(12-15(19)13(2)3)11-14-7-8-16(20-4)17(10-14)21-5/h7-8,10,13,15,19H,6,9,11-12H2,1-5H3/t15-/m0/s1. The number of aliphatic hydroxyl groups is 1. The van der Waals surface area contributed by atoms with Gasteiger partial charge in [-0.15, -0.1) is 0 Å². The molecule has 0 unspecified atom stereocenters. The Bertz CT molecular complexity index is 420. The molecule has 120 valence electrons. The van der Waals surface area contributed by atoms with E-state index in [0.29, 0.717) is 6.54 Å². The lowest BCUT2D eigenvalue weighted by atomic mass is 10.1. The Morgan fingerprint density at radius 3 is 2.33 bits per heavy atom. The summed E-state index contributed by atoms with van der Waals surface area (Å²) in [6, 6.07) is 5.98. The minimum Gasteiger partial charge on any atom is -0.493 e. The maximum atomic E-state index is 10.1. The van der Waals surface area contributed by atoms with Crippen LogP contribution in [0.2, 0.25) is 0 Å². The van der Waals surface area contributed by atoms with Crippen molar-refractivity contribution in [3.05, 3.63) is 23.8 Å². The average Bonchev–Trinajstić information content (AvgIpc) is 2.47. The quantitative estimate of drug-likeness (QED) is 0.760. The fourth-order valence-electron chi connectivity index (χ4n) is 2.26. The van der Waals surface area contributed by atoms with Crippen molar-refractivity contribution in [3.8, 4) is 11.5 Å². The SMILES string of the molecule is CCCN(Cc1ccc(OC)c(OC)c1)C[C@H](O)C(C)C. The first-order valence-corrected chi connectivity index (χ1v) is 7.63. The van der Waals surface area contributed by atoms with E-state index >= 15 is 0 Å². The Morgan fingerprint density at radius 2 is 1.81 bits per heavy atom. The van der Waals surface area contributed by atoms with Gasteiger partial charge in [0.1, 0.15) is 0 Å². The molecule has 0 aliphatic rings. The van der Waals surface area contributed by atoms with E-state index in [2.05, 4.69) is 11.8 Å². The molecule has 0 aliphatic carbocycles. The molecule has 4 heteroatoms. The zero-order chi connectivity index (χ0) is 15.8. The highest BCUT2D eigenvalue weighted by atomic mass is 16.5. The van der Waals surface area contributed by atoms with Gasteiger partial charge in [-0.2, -0.15) is 0 Å². The number of hydrogen-bond donors (Lipinski definition) is 1. The second kappa shape index (κ2) is 8.90. The lowest BCUT2D eigenvalue weighted by Crippen LogP contribution is -2.35. The van der Waals surface area contributed by atoms with Crippen molar-refractivity contribution in [3.63, 3.8) is 0 Å². The Hall–Kier alpha value is -1.26. The highest BCUT2D eigenvalue weighted by Gasteiger charge is 2.15. The molecule has 0 fully saturated rings. The normalized spacial score (nSPS) is 12.8. The van der Waals surface area contributed by atoms with Crippen molar-refractivity contribution in [2.24, 2.45) is 5.92 Å². The summed E-state index contributed by atoms with van der Waals surface area (Å²) < 4.78 is 10.6. The molecule has 0 bridgehead atoms. The van der Waals surface area contributed by atoms with Gasteiger partial charge in [0, 0.05) is 13.1 Å². The first kappa shape index (κ1) is 17.8. The van der Waals surface area contributed by atoms with Crippen LogP contribution in [0.1, 0.15) is 32.8 Å².